The van der Waals surface area contributed by atoms with E-state index in [1.807, 2.05) is 13.8 Å². The molecule has 0 aromatic rings. The maximum Gasteiger partial charge on any atom is 0.335 e. The van der Waals surface area contributed by atoms with Crippen LogP contribution in [0.15, 0.2) is 0 Å². The summed E-state index contributed by atoms with van der Waals surface area (Å²) >= 11 is 0. The fourth-order valence-corrected chi connectivity index (χ4v) is 1.15. The topological polar surface area (TPSA) is 72.8 Å². The van der Waals surface area contributed by atoms with Gasteiger partial charge >= 0.3 is 11.9 Å². The van der Waals surface area contributed by atoms with E-state index in [9.17, 15) is 9.59 Å². The SMILES string of the molecule is CCCCOC(=O)C(CC(=O)O)OCCCC. The van der Waals surface area contributed by atoms with Crippen molar-refractivity contribution in [2.45, 2.75) is 52.1 Å². The number of carbonyl (C=O) groups is 2. The minimum Gasteiger partial charge on any atom is -0.481 e. The van der Waals surface area contributed by atoms with Crippen LogP contribution in [0, 0.1) is 0 Å². The van der Waals surface area contributed by atoms with Crippen LogP contribution in [0.3, 0.4) is 0 Å². The molecule has 1 N–H and O–H groups in total. The molecule has 0 aliphatic heterocycles. The van der Waals surface area contributed by atoms with E-state index in [4.69, 9.17) is 14.6 Å². The summed E-state index contributed by atoms with van der Waals surface area (Å²) in [5.41, 5.74) is 0. The summed E-state index contributed by atoms with van der Waals surface area (Å²) in [5.74, 6) is -1.63. The quantitative estimate of drug-likeness (QED) is 0.471. The first kappa shape index (κ1) is 15.9. The van der Waals surface area contributed by atoms with Crippen molar-refractivity contribution in [2.24, 2.45) is 0 Å². The molecule has 0 saturated heterocycles. The van der Waals surface area contributed by atoms with Gasteiger partial charge in [-0.3, -0.25) is 4.79 Å². The van der Waals surface area contributed by atoms with Crippen LogP contribution >= 0.6 is 0 Å². The van der Waals surface area contributed by atoms with Gasteiger partial charge in [0.2, 0.25) is 0 Å². The fraction of sp³-hybridized carbons (Fsp3) is 0.833. The molecule has 1 unspecified atom stereocenters. The molecule has 0 heterocycles. The van der Waals surface area contributed by atoms with Gasteiger partial charge in [0.25, 0.3) is 0 Å². The van der Waals surface area contributed by atoms with E-state index in [0.717, 1.165) is 25.7 Å². The number of hydrogen-bond donors (Lipinski definition) is 1. The second-order valence-electron chi connectivity index (χ2n) is 3.83. The van der Waals surface area contributed by atoms with Crippen LogP contribution in [0.5, 0.6) is 0 Å². The molecule has 0 bridgehead atoms. The second-order valence-corrected chi connectivity index (χ2v) is 3.83. The zero-order valence-electron chi connectivity index (χ0n) is 10.6. The van der Waals surface area contributed by atoms with Crippen LogP contribution in [0.2, 0.25) is 0 Å². The predicted molar refractivity (Wildman–Crippen MR) is 62.8 cm³/mol. The largest absolute Gasteiger partial charge is 0.481 e. The highest BCUT2D eigenvalue weighted by atomic mass is 16.6. The van der Waals surface area contributed by atoms with Gasteiger partial charge in [0.1, 0.15) is 0 Å². The highest BCUT2D eigenvalue weighted by molar-refractivity contribution is 5.81. The van der Waals surface area contributed by atoms with Crippen molar-refractivity contribution in [3.8, 4) is 0 Å². The van der Waals surface area contributed by atoms with Crippen molar-refractivity contribution < 1.29 is 24.2 Å². The molecule has 0 aliphatic rings. The molecule has 0 fully saturated rings. The van der Waals surface area contributed by atoms with Crippen molar-refractivity contribution >= 4 is 11.9 Å². The van der Waals surface area contributed by atoms with E-state index in [2.05, 4.69) is 0 Å². The molecule has 0 aliphatic carbocycles. The smallest absolute Gasteiger partial charge is 0.335 e. The lowest BCUT2D eigenvalue weighted by molar-refractivity contribution is -0.162. The Morgan fingerprint density at radius 2 is 1.71 bits per heavy atom. The Morgan fingerprint density at radius 1 is 1.12 bits per heavy atom. The van der Waals surface area contributed by atoms with E-state index in [-0.39, 0.29) is 6.42 Å². The third-order valence-electron chi connectivity index (χ3n) is 2.18. The van der Waals surface area contributed by atoms with Crippen LogP contribution in [0.4, 0.5) is 0 Å². The van der Waals surface area contributed by atoms with Gasteiger partial charge in [-0.15, -0.1) is 0 Å². The molecule has 0 aromatic heterocycles. The third-order valence-corrected chi connectivity index (χ3v) is 2.18. The Balaban J connectivity index is 4.05. The lowest BCUT2D eigenvalue weighted by Crippen LogP contribution is -2.30. The molecule has 0 radical (unpaired) electrons. The highest BCUT2D eigenvalue weighted by Gasteiger charge is 2.23. The number of carbonyl (C=O) groups excluding carboxylic acids is 1. The molecule has 0 aromatic carbocycles. The molecule has 0 saturated carbocycles. The first-order chi connectivity index (χ1) is 8.11. The van der Waals surface area contributed by atoms with Crippen molar-refractivity contribution in [2.75, 3.05) is 13.2 Å². The third kappa shape index (κ3) is 8.68. The van der Waals surface area contributed by atoms with Crippen LogP contribution in [0.25, 0.3) is 0 Å². The summed E-state index contributed by atoms with van der Waals surface area (Å²) in [4.78, 5) is 22.1. The van der Waals surface area contributed by atoms with Crippen molar-refractivity contribution in [3.63, 3.8) is 0 Å². The van der Waals surface area contributed by atoms with Crippen LogP contribution in [0.1, 0.15) is 46.0 Å². The molecule has 0 rings (SSSR count). The molecule has 100 valence electrons. The summed E-state index contributed by atoms with van der Waals surface area (Å²) in [5, 5.41) is 8.67. The second kappa shape index (κ2) is 10.1. The maximum atomic E-state index is 11.5. The predicted octanol–water partition coefficient (Wildman–Crippen LogP) is 1.99. The summed E-state index contributed by atoms with van der Waals surface area (Å²) in [6, 6.07) is 0. The molecule has 0 amide bonds. The van der Waals surface area contributed by atoms with Gasteiger partial charge in [-0.1, -0.05) is 26.7 Å². The zero-order chi connectivity index (χ0) is 13.1. The summed E-state index contributed by atoms with van der Waals surface area (Å²) in [6.45, 7) is 4.69. The van der Waals surface area contributed by atoms with Gasteiger partial charge in [-0.05, 0) is 12.8 Å². The van der Waals surface area contributed by atoms with Gasteiger partial charge in [-0.2, -0.15) is 0 Å². The molecule has 1 atom stereocenters. The van der Waals surface area contributed by atoms with Gasteiger partial charge in [0, 0.05) is 6.61 Å². The van der Waals surface area contributed by atoms with Crippen LogP contribution in [-0.4, -0.2) is 36.4 Å². The molecular formula is C12H22O5. The normalized spacial score (nSPS) is 12.1. The lowest BCUT2D eigenvalue weighted by atomic mass is 10.2. The van der Waals surface area contributed by atoms with E-state index in [0.29, 0.717) is 13.2 Å². The van der Waals surface area contributed by atoms with Gasteiger partial charge in [-0.25, -0.2) is 4.79 Å². The van der Waals surface area contributed by atoms with Crippen molar-refractivity contribution in [3.05, 3.63) is 0 Å². The Bertz CT molecular complexity index is 227. The standard InChI is InChI=1S/C12H22O5/c1-3-5-7-16-10(9-11(13)14)12(15)17-8-6-4-2/h10H,3-9H2,1-2H3,(H,13,14). The molecule has 0 spiro atoms. The van der Waals surface area contributed by atoms with E-state index >= 15 is 0 Å². The molecule has 17 heavy (non-hydrogen) atoms. The van der Waals surface area contributed by atoms with E-state index < -0.39 is 18.0 Å². The van der Waals surface area contributed by atoms with Gasteiger partial charge < -0.3 is 14.6 Å². The first-order valence-corrected chi connectivity index (χ1v) is 6.11. The van der Waals surface area contributed by atoms with Crippen LogP contribution < -0.4 is 0 Å². The van der Waals surface area contributed by atoms with E-state index in [1.165, 1.54) is 0 Å². The van der Waals surface area contributed by atoms with Gasteiger partial charge in [0.05, 0.1) is 13.0 Å². The number of carboxylic acids is 1. The van der Waals surface area contributed by atoms with Crippen molar-refractivity contribution in [1.82, 2.24) is 0 Å². The Kier molecular flexibility index (Phi) is 9.43. The van der Waals surface area contributed by atoms with E-state index in [1.54, 1.807) is 0 Å². The number of unbranched alkanes of at least 4 members (excludes halogenated alkanes) is 2. The van der Waals surface area contributed by atoms with Gasteiger partial charge in [0.15, 0.2) is 6.10 Å². The van der Waals surface area contributed by atoms with Crippen molar-refractivity contribution in [1.29, 1.82) is 0 Å². The Labute approximate surface area is 102 Å². The number of esters is 1. The number of ether oxygens (including phenoxy) is 2. The maximum absolute atomic E-state index is 11.5. The Morgan fingerprint density at radius 3 is 2.24 bits per heavy atom. The highest BCUT2D eigenvalue weighted by Crippen LogP contribution is 2.05. The molecule has 5 nitrogen and oxygen atoms in total. The minimum atomic E-state index is -1.06. The molecular weight excluding hydrogens is 224 g/mol. The fourth-order valence-electron chi connectivity index (χ4n) is 1.15. The number of rotatable bonds is 10. The zero-order valence-corrected chi connectivity index (χ0v) is 10.6. The summed E-state index contributed by atoms with van der Waals surface area (Å²) in [7, 11) is 0. The average Bonchev–Trinajstić information content (AvgIpc) is 2.27. The minimum absolute atomic E-state index is 0.322. The Hall–Kier alpha value is -1.10. The lowest BCUT2D eigenvalue weighted by Gasteiger charge is -2.14. The number of carboxylic acid groups (broad SMARTS) is 1. The number of hydrogen-bond acceptors (Lipinski definition) is 4. The summed E-state index contributed by atoms with van der Waals surface area (Å²) < 4.78 is 10.2. The first-order valence-electron chi connectivity index (χ1n) is 6.11. The molecule has 5 heteroatoms. The van der Waals surface area contributed by atoms with Crippen LogP contribution in [-0.2, 0) is 19.1 Å². The number of aliphatic carboxylic acids is 1. The summed E-state index contributed by atoms with van der Waals surface area (Å²) in [6.07, 6.45) is 2.13. The monoisotopic (exact) mass is 246 g/mol. The average molecular weight is 246 g/mol.